The van der Waals surface area contributed by atoms with Crippen LogP contribution in [-0.2, 0) is 5.75 Å². The summed E-state index contributed by atoms with van der Waals surface area (Å²) in [5.41, 5.74) is 2.80. The number of halogens is 1. The molecule has 0 radical (unpaired) electrons. The fraction of sp³-hybridized carbons (Fsp3) is 0.0526. The maximum absolute atomic E-state index is 5.31. The predicted octanol–water partition coefficient (Wildman–Crippen LogP) is 5.25. The Morgan fingerprint density at radius 1 is 0.846 bits per heavy atom. The van der Waals surface area contributed by atoms with Crippen LogP contribution in [0.3, 0.4) is 0 Å². The molecule has 2 aromatic carbocycles. The van der Waals surface area contributed by atoms with Crippen molar-refractivity contribution in [2.75, 3.05) is 0 Å². The monoisotopic (exact) mass is 424 g/mol. The minimum Gasteiger partial charge on any atom is -0.338 e. The summed E-state index contributed by atoms with van der Waals surface area (Å²) >= 11 is 4.94. The second-order valence-electron chi connectivity index (χ2n) is 5.43. The Balaban J connectivity index is 1.41. The molecule has 4 rings (SSSR count). The van der Waals surface area contributed by atoms with Gasteiger partial charge < -0.3 is 4.52 Å². The molecule has 2 heterocycles. The lowest BCUT2D eigenvalue weighted by Crippen LogP contribution is -1.90. The smallest absolute Gasteiger partial charge is 0.237 e. The van der Waals surface area contributed by atoms with E-state index in [1.165, 1.54) is 11.8 Å². The van der Waals surface area contributed by atoms with Gasteiger partial charge in [0, 0.05) is 15.6 Å². The lowest BCUT2D eigenvalue weighted by atomic mass is 10.1. The third-order valence-corrected chi connectivity index (χ3v) is 5.06. The molecule has 0 aliphatic heterocycles. The van der Waals surface area contributed by atoms with Crippen molar-refractivity contribution in [3.8, 4) is 22.6 Å². The Kier molecular flexibility index (Phi) is 5.08. The molecule has 26 heavy (non-hydrogen) atoms. The zero-order chi connectivity index (χ0) is 17.8. The van der Waals surface area contributed by atoms with Gasteiger partial charge in [0.25, 0.3) is 0 Å². The van der Waals surface area contributed by atoms with E-state index >= 15 is 0 Å². The maximum atomic E-state index is 5.31. The van der Waals surface area contributed by atoms with Crippen molar-refractivity contribution in [2.24, 2.45) is 0 Å². The van der Waals surface area contributed by atoms with Crippen LogP contribution in [0.1, 0.15) is 5.89 Å². The van der Waals surface area contributed by atoms with Crippen molar-refractivity contribution in [1.29, 1.82) is 0 Å². The Bertz CT molecular complexity index is 988. The van der Waals surface area contributed by atoms with Crippen LogP contribution in [0, 0.1) is 0 Å². The van der Waals surface area contributed by atoms with Crippen LogP contribution in [0.25, 0.3) is 22.6 Å². The van der Waals surface area contributed by atoms with E-state index in [2.05, 4.69) is 36.3 Å². The van der Waals surface area contributed by atoms with Crippen LogP contribution < -0.4 is 0 Å². The molecule has 0 bridgehead atoms. The van der Waals surface area contributed by atoms with E-state index in [4.69, 9.17) is 4.52 Å². The normalized spacial score (nSPS) is 10.8. The summed E-state index contributed by atoms with van der Waals surface area (Å²) in [5.74, 6) is 1.71. The third kappa shape index (κ3) is 4.00. The molecule has 0 aliphatic carbocycles. The Hall–Kier alpha value is -2.51. The molecular weight excluding hydrogens is 412 g/mol. The lowest BCUT2D eigenvalue weighted by molar-refractivity contribution is 0.391. The number of hydrogen-bond acceptors (Lipinski definition) is 6. The van der Waals surface area contributed by atoms with Gasteiger partial charge in [-0.1, -0.05) is 75.3 Å². The van der Waals surface area contributed by atoms with Crippen LogP contribution in [0.15, 0.2) is 80.8 Å². The van der Waals surface area contributed by atoms with E-state index in [1.807, 2.05) is 66.7 Å². The van der Waals surface area contributed by atoms with E-state index < -0.39 is 0 Å². The molecule has 0 aliphatic rings. The largest absolute Gasteiger partial charge is 0.338 e. The van der Waals surface area contributed by atoms with E-state index in [-0.39, 0.29) is 0 Å². The minimum atomic E-state index is 0.548. The summed E-state index contributed by atoms with van der Waals surface area (Å²) in [4.78, 5) is 4.42. The van der Waals surface area contributed by atoms with Crippen LogP contribution in [0.4, 0.5) is 0 Å². The first-order valence-electron chi connectivity index (χ1n) is 7.88. The van der Waals surface area contributed by atoms with Crippen molar-refractivity contribution in [1.82, 2.24) is 20.3 Å². The molecule has 0 unspecified atom stereocenters. The zero-order valence-electron chi connectivity index (χ0n) is 13.5. The number of rotatable bonds is 5. The summed E-state index contributed by atoms with van der Waals surface area (Å²) in [6.45, 7) is 0. The van der Waals surface area contributed by atoms with Gasteiger partial charge in [0.15, 0.2) is 0 Å². The summed E-state index contributed by atoms with van der Waals surface area (Å²) < 4.78 is 6.35. The molecule has 0 atom stereocenters. The van der Waals surface area contributed by atoms with E-state index in [1.54, 1.807) is 0 Å². The highest BCUT2D eigenvalue weighted by atomic mass is 79.9. The van der Waals surface area contributed by atoms with Gasteiger partial charge in [-0.05, 0) is 24.3 Å². The average molecular weight is 425 g/mol. The van der Waals surface area contributed by atoms with Gasteiger partial charge in [-0.25, -0.2) is 0 Å². The second-order valence-corrected chi connectivity index (χ2v) is 7.34. The van der Waals surface area contributed by atoms with Crippen molar-refractivity contribution in [2.45, 2.75) is 10.8 Å². The SMILES string of the molecule is Brc1ccc(-c2ccc(SCc3nc(-c4ccccc4)no3)nn2)cc1. The van der Waals surface area contributed by atoms with Crippen molar-refractivity contribution in [3.05, 3.63) is 77.1 Å². The van der Waals surface area contributed by atoms with Crippen molar-refractivity contribution in [3.63, 3.8) is 0 Å². The molecule has 0 fully saturated rings. The number of nitrogens with zero attached hydrogens (tertiary/aromatic N) is 4. The quantitative estimate of drug-likeness (QED) is 0.407. The zero-order valence-corrected chi connectivity index (χ0v) is 15.9. The van der Waals surface area contributed by atoms with Crippen molar-refractivity contribution < 1.29 is 4.52 Å². The maximum Gasteiger partial charge on any atom is 0.237 e. The highest BCUT2D eigenvalue weighted by Crippen LogP contribution is 2.24. The van der Waals surface area contributed by atoms with Crippen LogP contribution >= 0.6 is 27.7 Å². The molecule has 2 aromatic heterocycles. The van der Waals surface area contributed by atoms with Crippen LogP contribution in [0.5, 0.6) is 0 Å². The Morgan fingerprint density at radius 2 is 1.65 bits per heavy atom. The Labute approximate surface area is 163 Å². The molecule has 0 N–H and O–H groups in total. The van der Waals surface area contributed by atoms with Gasteiger partial charge in [0.05, 0.1) is 11.4 Å². The number of aromatic nitrogens is 4. The fourth-order valence-corrected chi connectivity index (χ4v) is 3.24. The van der Waals surface area contributed by atoms with Gasteiger partial charge in [-0.15, -0.1) is 10.2 Å². The molecular formula is C19H13BrN4OS. The molecule has 5 nitrogen and oxygen atoms in total. The van der Waals surface area contributed by atoms with E-state index in [0.29, 0.717) is 17.5 Å². The highest BCUT2D eigenvalue weighted by Gasteiger charge is 2.09. The molecule has 128 valence electrons. The van der Waals surface area contributed by atoms with Gasteiger partial charge in [0.1, 0.15) is 5.03 Å². The van der Waals surface area contributed by atoms with Gasteiger partial charge in [-0.3, -0.25) is 0 Å². The third-order valence-electron chi connectivity index (χ3n) is 3.62. The van der Waals surface area contributed by atoms with Gasteiger partial charge in [0.2, 0.25) is 11.7 Å². The molecule has 0 saturated carbocycles. The molecule has 7 heteroatoms. The molecule has 0 amide bonds. The standard InChI is InChI=1S/C19H13BrN4OS/c20-15-8-6-13(7-9-15)16-10-11-18(23-22-16)26-12-17-21-19(24-25-17)14-4-2-1-3-5-14/h1-11H,12H2. The van der Waals surface area contributed by atoms with Crippen molar-refractivity contribution >= 4 is 27.7 Å². The first-order chi connectivity index (χ1) is 12.8. The second kappa shape index (κ2) is 7.80. The first-order valence-corrected chi connectivity index (χ1v) is 9.66. The highest BCUT2D eigenvalue weighted by molar-refractivity contribution is 9.10. The van der Waals surface area contributed by atoms with Gasteiger partial charge >= 0.3 is 0 Å². The Morgan fingerprint density at radius 3 is 2.38 bits per heavy atom. The first kappa shape index (κ1) is 16.9. The topological polar surface area (TPSA) is 64.7 Å². The summed E-state index contributed by atoms with van der Waals surface area (Å²) in [6.07, 6.45) is 0. The van der Waals surface area contributed by atoms with Crippen LogP contribution in [0.2, 0.25) is 0 Å². The lowest BCUT2D eigenvalue weighted by Gasteiger charge is -2.01. The summed E-state index contributed by atoms with van der Waals surface area (Å²) in [5, 5.41) is 13.4. The molecule has 4 aromatic rings. The summed E-state index contributed by atoms with van der Waals surface area (Å²) in [6, 6.07) is 21.6. The van der Waals surface area contributed by atoms with Crippen LogP contribution in [-0.4, -0.2) is 20.3 Å². The van der Waals surface area contributed by atoms with E-state index in [0.717, 1.165) is 26.3 Å². The minimum absolute atomic E-state index is 0.548. The average Bonchev–Trinajstić information content (AvgIpc) is 3.17. The van der Waals surface area contributed by atoms with Gasteiger partial charge in [-0.2, -0.15) is 4.98 Å². The fourth-order valence-electron chi connectivity index (χ4n) is 2.33. The molecule has 0 saturated heterocycles. The number of thioether (sulfide) groups is 1. The number of hydrogen-bond donors (Lipinski definition) is 0. The summed E-state index contributed by atoms with van der Waals surface area (Å²) in [7, 11) is 0. The predicted molar refractivity (Wildman–Crippen MR) is 104 cm³/mol. The number of benzene rings is 2. The molecule has 0 spiro atoms. The van der Waals surface area contributed by atoms with E-state index in [9.17, 15) is 0 Å².